The van der Waals surface area contributed by atoms with E-state index in [0.29, 0.717) is 0 Å². The first kappa shape index (κ1) is 22.4. The molecule has 0 nitrogen and oxygen atoms in total. The summed E-state index contributed by atoms with van der Waals surface area (Å²) in [6.45, 7) is 14.6. The summed E-state index contributed by atoms with van der Waals surface area (Å²) in [5.41, 5.74) is 0. The molecule has 0 bridgehead atoms. The summed E-state index contributed by atoms with van der Waals surface area (Å²) in [5, 5.41) is 6.74. The Balaban J connectivity index is 2.55. The molecule has 2 aromatic rings. The maximum Gasteiger partial charge on any atom is 0.121 e. The molecule has 27 heavy (non-hydrogen) atoms. The van der Waals surface area contributed by atoms with Crippen molar-refractivity contribution in [1.82, 2.24) is 0 Å². The smallest absolute Gasteiger partial charge is 0.0675 e. The molecule has 0 spiro atoms. The van der Waals surface area contributed by atoms with Crippen LogP contribution in [0.1, 0.15) is 41.5 Å². The van der Waals surface area contributed by atoms with Crippen LogP contribution in [0.4, 0.5) is 0 Å². The molecule has 3 heteroatoms. The van der Waals surface area contributed by atoms with Crippen LogP contribution in [0.3, 0.4) is 0 Å². The molecule has 0 saturated heterocycles. The summed E-state index contributed by atoms with van der Waals surface area (Å²) in [4.78, 5) is 0. The van der Waals surface area contributed by atoms with Crippen molar-refractivity contribution in [3.63, 3.8) is 0 Å². The van der Waals surface area contributed by atoms with E-state index in [9.17, 15) is 0 Å². The lowest BCUT2D eigenvalue weighted by Crippen LogP contribution is -2.59. The van der Waals surface area contributed by atoms with Crippen LogP contribution in [0.25, 0.3) is 0 Å². The lowest BCUT2D eigenvalue weighted by Gasteiger charge is -2.33. The molecule has 0 aromatic heterocycles. The molecule has 0 N–H and O–H groups in total. The van der Waals surface area contributed by atoms with Crippen molar-refractivity contribution in [3.8, 4) is 0 Å². The first-order valence-corrected chi connectivity index (χ1v) is 17.3. The highest BCUT2D eigenvalue weighted by Crippen LogP contribution is 2.20. The van der Waals surface area contributed by atoms with Crippen LogP contribution < -0.4 is 20.7 Å². The highest BCUT2D eigenvalue weighted by atomic mass is 28.3. The van der Waals surface area contributed by atoms with Gasteiger partial charge in [0.25, 0.3) is 0 Å². The van der Waals surface area contributed by atoms with E-state index in [1.807, 2.05) is 0 Å². The van der Waals surface area contributed by atoms with Gasteiger partial charge in [-0.1, -0.05) is 147 Å². The quantitative estimate of drug-likeness (QED) is 0.495. The fraction of sp³-hybridized carbons (Fsp3) is 0.500. The van der Waals surface area contributed by atoms with Crippen molar-refractivity contribution >= 4 is 46.4 Å². The molecule has 0 aliphatic carbocycles. The molecule has 2 rings (SSSR count). The van der Waals surface area contributed by atoms with Gasteiger partial charge in [-0.25, -0.2) is 0 Å². The number of rotatable bonds is 10. The van der Waals surface area contributed by atoms with Gasteiger partial charge in [0.1, 0.15) is 9.52 Å². The fourth-order valence-corrected chi connectivity index (χ4v) is 15.4. The molecule has 0 amide bonds. The first-order valence-electron chi connectivity index (χ1n) is 11.0. The summed E-state index contributed by atoms with van der Waals surface area (Å²) in [5.74, 6) is 0. The molecule has 146 valence electrons. The summed E-state index contributed by atoms with van der Waals surface area (Å²) in [6.07, 6.45) is 0. The Labute approximate surface area is 172 Å². The molecule has 0 atom stereocenters. The van der Waals surface area contributed by atoms with E-state index in [2.05, 4.69) is 90.1 Å². The lowest BCUT2D eigenvalue weighted by molar-refractivity contribution is 1.20. The second-order valence-electron chi connectivity index (χ2n) is 7.90. The molecule has 0 heterocycles. The third kappa shape index (κ3) is 4.41. The van der Waals surface area contributed by atoms with Gasteiger partial charge in [-0.3, -0.25) is 0 Å². The molecule has 0 unspecified atom stereocenters. The molecule has 0 fully saturated rings. The monoisotopic (exact) mass is 410 g/mol. The summed E-state index contributed by atoms with van der Waals surface area (Å²) < 4.78 is 0. The van der Waals surface area contributed by atoms with Gasteiger partial charge in [0.05, 0.1) is 16.1 Å². The van der Waals surface area contributed by atoms with Crippen LogP contribution in [0.15, 0.2) is 48.5 Å². The van der Waals surface area contributed by atoms with Gasteiger partial charge < -0.3 is 0 Å². The largest absolute Gasteiger partial charge is 0.121 e. The third-order valence-electron chi connectivity index (χ3n) is 7.33. The van der Waals surface area contributed by atoms with Crippen LogP contribution in [0.5, 0.6) is 0 Å². The Bertz CT molecular complexity index is 637. The van der Waals surface area contributed by atoms with E-state index in [1.54, 1.807) is 20.7 Å². The average molecular weight is 411 g/mol. The minimum absolute atomic E-state index is 0.809. The van der Waals surface area contributed by atoms with Crippen molar-refractivity contribution in [2.75, 3.05) is 0 Å². The maximum absolute atomic E-state index is 2.47. The van der Waals surface area contributed by atoms with Gasteiger partial charge >= 0.3 is 0 Å². The SMILES string of the molecule is CC[Si](CC)(CC)c1ccccc1[Si]c1ccccc1[Si](CC)(CC)CC. The van der Waals surface area contributed by atoms with Crippen LogP contribution in [0.2, 0.25) is 36.3 Å². The summed E-state index contributed by atoms with van der Waals surface area (Å²) in [6, 6.07) is 27.1. The lowest BCUT2D eigenvalue weighted by atomic mass is 10.3. The second-order valence-corrected chi connectivity index (χ2v) is 19.7. The van der Waals surface area contributed by atoms with Crippen molar-refractivity contribution in [3.05, 3.63) is 48.5 Å². The van der Waals surface area contributed by atoms with Gasteiger partial charge in [0.2, 0.25) is 0 Å². The number of hydrogen-bond donors (Lipinski definition) is 0. The molecule has 2 radical (unpaired) electrons. The van der Waals surface area contributed by atoms with E-state index in [0.717, 1.165) is 9.52 Å². The fourth-order valence-electron chi connectivity index (χ4n) is 4.90. The van der Waals surface area contributed by atoms with Crippen LogP contribution in [-0.4, -0.2) is 25.7 Å². The molecule has 2 aromatic carbocycles. The van der Waals surface area contributed by atoms with Gasteiger partial charge in [-0.15, -0.1) is 0 Å². The maximum atomic E-state index is 2.47. The van der Waals surface area contributed by atoms with Gasteiger partial charge in [-0.2, -0.15) is 0 Å². The Morgan fingerprint density at radius 1 is 0.519 bits per heavy atom. The normalized spacial score (nSPS) is 12.4. The van der Waals surface area contributed by atoms with E-state index in [1.165, 1.54) is 36.3 Å². The van der Waals surface area contributed by atoms with E-state index in [4.69, 9.17) is 0 Å². The zero-order valence-corrected chi connectivity index (χ0v) is 21.4. The Morgan fingerprint density at radius 2 is 0.815 bits per heavy atom. The minimum atomic E-state index is -1.36. The van der Waals surface area contributed by atoms with Crippen molar-refractivity contribution in [1.29, 1.82) is 0 Å². The molecule has 0 aliphatic rings. The Kier molecular flexibility index (Phi) is 8.32. The standard InChI is InChI=1S/C24H38Si3/c1-7-26(8-2,9-3)23-19-15-13-17-21(23)25-22-18-14-16-20-24(22)27(10-4,11-5)12-6/h13-20H,7-12H2,1-6H3. The predicted molar refractivity (Wildman–Crippen MR) is 132 cm³/mol. The van der Waals surface area contributed by atoms with Gasteiger partial charge in [0, 0.05) is 0 Å². The third-order valence-corrected chi connectivity index (χ3v) is 20.5. The minimum Gasteiger partial charge on any atom is -0.0675 e. The average Bonchev–Trinajstić information content (AvgIpc) is 2.73. The topological polar surface area (TPSA) is 0 Å². The predicted octanol–water partition coefficient (Wildman–Crippen LogP) is 4.77. The van der Waals surface area contributed by atoms with Gasteiger partial charge in [-0.05, 0) is 0 Å². The van der Waals surface area contributed by atoms with Crippen LogP contribution in [-0.2, 0) is 0 Å². The first-order chi connectivity index (χ1) is 13.1. The highest BCUT2D eigenvalue weighted by Gasteiger charge is 2.33. The van der Waals surface area contributed by atoms with E-state index < -0.39 is 16.1 Å². The van der Waals surface area contributed by atoms with Crippen LogP contribution >= 0.6 is 0 Å². The number of benzene rings is 2. The zero-order chi connectivity index (χ0) is 19.9. The Hall–Kier alpha value is -0.909. The second kappa shape index (κ2) is 10.0. The molecular weight excluding hydrogens is 373 g/mol. The van der Waals surface area contributed by atoms with E-state index in [-0.39, 0.29) is 0 Å². The highest BCUT2D eigenvalue weighted by molar-refractivity contribution is 6.98. The van der Waals surface area contributed by atoms with Crippen LogP contribution in [0, 0.1) is 0 Å². The molecule has 0 aliphatic heterocycles. The van der Waals surface area contributed by atoms with Crippen molar-refractivity contribution in [2.24, 2.45) is 0 Å². The van der Waals surface area contributed by atoms with E-state index >= 15 is 0 Å². The van der Waals surface area contributed by atoms with Gasteiger partial charge in [0.15, 0.2) is 0 Å². The van der Waals surface area contributed by atoms with Crippen molar-refractivity contribution in [2.45, 2.75) is 77.8 Å². The summed E-state index contributed by atoms with van der Waals surface area (Å²) in [7, 11) is -1.91. The molecule has 0 saturated carbocycles. The summed E-state index contributed by atoms with van der Waals surface area (Å²) >= 11 is 0. The number of hydrogen-bond acceptors (Lipinski definition) is 0. The molecular formula is C24H38Si3. The Morgan fingerprint density at radius 3 is 1.11 bits per heavy atom. The van der Waals surface area contributed by atoms with Crippen molar-refractivity contribution < 1.29 is 0 Å². The zero-order valence-electron chi connectivity index (χ0n) is 18.4.